The first kappa shape index (κ1) is 5.81. The molecule has 5 heteroatoms. The smallest absolute Gasteiger partial charge is 0.202 e. The van der Waals surface area contributed by atoms with Crippen molar-refractivity contribution in [3.8, 4) is 0 Å². The maximum absolute atomic E-state index is 11.7. The summed E-state index contributed by atoms with van der Waals surface area (Å²) in [7, 11) is 0. The standard InChI is InChI=1S/C3H2F4O/c4-2(5)1-3(2,6)8-7/h1H2. The molecule has 0 amide bonds. The van der Waals surface area contributed by atoms with Crippen LogP contribution in [0.4, 0.5) is 17.7 Å². The lowest BCUT2D eigenvalue weighted by molar-refractivity contribution is -0.272. The van der Waals surface area contributed by atoms with Crippen molar-refractivity contribution in [3.63, 3.8) is 0 Å². The fourth-order valence-corrected chi connectivity index (χ4v) is 0.325. The van der Waals surface area contributed by atoms with Gasteiger partial charge >= 0.3 is 11.8 Å². The van der Waals surface area contributed by atoms with E-state index in [4.69, 9.17) is 0 Å². The number of rotatable bonds is 1. The van der Waals surface area contributed by atoms with Crippen LogP contribution in [0.25, 0.3) is 0 Å². The summed E-state index contributed by atoms with van der Waals surface area (Å²) < 4.78 is 45.2. The number of hydrogen-bond acceptors (Lipinski definition) is 1. The maximum atomic E-state index is 11.7. The summed E-state index contributed by atoms with van der Waals surface area (Å²) in [6.07, 6.45) is -1.17. The van der Waals surface area contributed by atoms with Crippen LogP contribution in [-0.4, -0.2) is 11.8 Å². The second-order valence-electron chi connectivity index (χ2n) is 1.69. The first-order chi connectivity index (χ1) is 3.52. The molecule has 1 nitrogen and oxygen atoms in total. The largest absolute Gasteiger partial charge is 0.314 e. The molecule has 1 saturated carbocycles. The Morgan fingerprint density at radius 1 is 1.25 bits per heavy atom. The molecule has 8 heavy (non-hydrogen) atoms. The van der Waals surface area contributed by atoms with Gasteiger partial charge in [-0.05, 0) is 4.53 Å². The summed E-state index contributed by atoms with van der Waals surface area (Å²) in [5.74, 6) is -6.92. The Bertz CT molecular complexity index is 114. The molecular formula is C3H2F4O. The van der Waals surface area contributed by atoms with Crippen molar-refractivity contribution in [2.45, 2.75) is 18.2 Å². The van der Waals surface area contributed by atoms with Gasteiger partial charge in [0.1, 0.15) is 0 Å². The molecule has 1 aliphatic rings. The maximum Gasteiger partial charge on any atom is 0.314 e. The first-order valence-corrected chi connectivity index (χ1v) is 1.88. The lowest BCUT2D eigenvalue weighted by atomic mass is 10.7. The van der Waals surface area contributed by atoms with Crippen LogP contribution in [0.3, 0.4) is 0 Å². The summed E-state index contributed by atoms with van der Waals surface area (Å²) in [4.78, 5) is 2.35. The van der Waals surface area contributed by atoms with Gasteiger partial charge in [0.05, 0.1) is 6.42 Å². The third kappa shape index (κ3) is 0.506. The van der Waals surface area contributed by atoms with E-state index in [2.05, 4.69) is 4.94 Å². The Hall–Kier alpha value is -0.320. The molecule has 1 aliphatic carbocycles. The first-order valence-electron chi connectivity index (χ1n) is 1.88. The Labute approximate surface area is 42.1 Å². The summed E-state index contributed by atoms with van der Waals surface area (Å²) in [5.41, 5.74) is 0. The number of hydrogen-bond donors (Lipinski definition) is 0. The lowest BCUT2D eigenvalue weighted by Gasteiger charge is -1.95. The third-order valence-corrected chi connectivity index (χ3v) is 0.993. The van der Waals surface area contributed by atoms with Crippen LogP contribution < -0.4 is 0 Å². The average molecular weight is 130 g/mol. The van der Waals surface area contributed by atoms with Gasteiger partial charge in [0.25, 0.3) is 0 Å². The Balaban J connectivity index is 2.55. The highest BCUT2D eigenvalue weighted by molar-refractivity contribution is 5.04. The van der Waals surface area contributed by atoms with Crippen molar-refractivity contribution in [1.29, 1.82) is 0 Å². The van der Waals surface area contributed by atoms with Crippen LogP contribution >= 0.6 is 0 Å². The lowest BCUT2D eigenvalue weighted by Crippen LogP contribution is -2.11. The highest BCUT2D eigenvalue weighted by atomic mass is 19.3. The molecule has 48 valence electrons. The molecule has 0 aromatic carbocycles. The van der Waals surface area contributed by atoms with E-state index in [9.17, 15) is 17.7 Å². The summed E-state index contributed by atoms with van der Waals surface area (Å²) >= 11 is 0. The van der Waals surface area contributed by atoms with Gasteiger partial charge in [-0.2, -0.15) is 8.78 Å². The van der Waals surface area contributed by atoms with Crippen molar-refractivity contribution in [1.82, 2.24) is 0 Å². The van der Waals surface area contributed by atoms with Crippen LogP contribution in [0.2, 0.25) is 0 Å². The Morgan fingerprint density at radius 3 is 1.62 bits per heavy atom. The topological polar surface area (TPSA) is 9.23 Å². The fraction of sp³-hybridized carbons (Fsp3) is 1.00. The molecule has 0 aromatic rings. The van der Waals surface area contributed by atoms with Gasteiger partial charge in [-0.3, -0.25) is 0 Å². The Morgan fingerprint density at radius 2 is 1.62 bits per heavy atom. The van der Waals surface area contributed by atoms with E-state index < -0.39 is 18.2 Å². The summed E-state index contributed by atoms with van der Waals surface area (Å²) in [6.45, 7) is 0. The van der Waals surface area contributed by atoms with E-state index in [1.807, 2.05) is 0 Å². The average Bonchev–Trinajstić information content (AvgIpc) is 2.10. The molecule has 1 fully saturated rings. The predicted octanol–water partition coefficient (Wildman–Crippen LogP) is 1.59. The molecule has 1 unspecified atom stereocenters. The minimum Gasteiger partial charge on any atom is -0.202 e. The van der Waals surface area contributed by atoms with Crippen molar-refractivity contribution in [3.05, 3.63) is 0 Å². The number of alkyl halides is 3. The molecule has 0 bridgehead atoms. The molecule has 0 spiro atoms. The van der Waals surface area contributed by atoms with Gasteiger partial charge in [-0.1, -0.05) is 0 Å². The van der Waals surface area contributed by atoms with Crippen LogP contribution in [0, 0.1) is 0 Å². The van der Waals surface area contributed by atoms with Crippen molar-refractivity contribution < 1.29 is 22.6 Å². The zero-order valence-electron chi connectivity index (χ0n) is 3.63. The molecule has 0 aliphatic heterocycles. The van der Waals surface area contributed by atoms with Crippen molar-refractivity contribution in [2.24, 2.45) is 0 Å². The van der Waals surface area contributed by atoms with E-state index in [1.165, 1.54) is 0 Å². The molecule has 1 rings (SSSR count). The summed E-state index contributed by atoms with van der Waals surface area (Å²) in [5, 5.41) is 0. The normalized spacial score (nSPS) is 42.0. The van der Waals surface area contributed by atoms with E-state index in [0.29, 0.717) is 0 Å². The van der Waals surface area contributed by atoms with Crippen LogP contribution in [-0.2, 0) is 4.94 Å². The Kier molecular flexibility index (Phi) is 0.836. The van der Waals surface area contributed by atoms with E-state index in [-0.39, 0.29) is 0 Å². The minimum atomic E-state index is -3.61. The molecule has 0 N–H and O–H groups in total. The van der Waals surface area contributed by atoms with E-state index >= 15 is 0 Å². The SMILES string of the molecule is FOC1(F)CC1(F)F. The fourth-order valence-electron chi connectivity index (χ4n) is 0.325. The van der Waals surface area contributed by atoms with Crippen molar-refractivity contribution >= 4 is 0 Å². The van der Waals surface area contributed by atoms with Gasteiger partial charge in [-0.25, -0.2) is 4.39 Å². The molecule has 0 aromatic heterocycles. The summed E-state index contributed by atoms with van der Waals surface area (Å²) in [6, 6.07) is 0. The quantitative estimate of drug-likeness (QED) is 0.490. The minimum absolute atomic E-state index is 1.17. The van der Waals surface area contributed by atoms with Gasteiger partial charge in [0.15, 0.2) is 0 Å². The molecular weight excluding hydrogens is 128 g/mol. The highest BCUT2D eigenvalue weighted by Gasteiger charge is 2.77. The molecule has 0 radical (unpaired) electrons. The molecule has 0 saturated heterocycles. The van der Waals surface area contributed by atoms with Gasteiger partial charge < -0.3 is 0 Å². The monoisotopic (exact) mass is 130 g/mol. The van der Waals surface area contributed by atoms with Gasteiger partial charge in [-0.15, -0.1) is 4.94 Å². The van der Waals surface area contributed by atoms with Crippen LogP contribution in [0.15, 0.2) is 0 Å². The van der Waals surface area contributed by atoms with Crippen molar-refractivity contribution in [2.75, 3.05) is 0 Å². The second-order valence-corrected chi connectivity index (χ2v) is 1.69. The zero-order valence-corrected chi connectivity index (χ0v) is 3.63. The molecule has 0 heterocycles. The van der Waals surface area contributed by atoms with Gasteiger partial charge in [0, 0.05) is 0 Å². The van der Waals surface area contributed by atoms with E-state index in [1.54, 1.807) is 0 Å². The third-order valence-electron chi connectivity index (χ3n) is 0.993. The van der Waals surface area contributed by atoms with E-state index in [0.717, 1.165) is 0 Å². The highest BCUT2D eigenvalue weighted by Crippen LogP contribution is 2.56. The van der Waals surface area contributed by atoms with Crippen LogP contribution in [0.1, 0.15) is 6.42 Å². The van der Waals surface area contributed by atoms with Gasteiger partial charge in [0.2, 0.25) is 0 Å². The molecule has 1 atom stereocenters. The second kappa shape index (κ2) is 1.15. The zero-order chi connectivity index (χ0) is 6.41. The predicted molar refractivity (Wildman–Crippen MR) is 15.6 cm³/mol. The number of halogens is 4. The van der Waals surface area contributed by atoms with Crippen LogP contribution in [0.5, 0.6) is 0 Å².